The normalized spacial score (nSPS) is 19.9. The molecule has 0 aromatic carbocycles. The summed E-state index contributed by atoms with van der Waals surface area (Å²) in [5, 5.41) is 0.538. The summed E-state index contributed by atoms with van der Waals surface area (Å²) in [6, 6.07) is 4.56. The van der Waals surface area contributed by atoms with Crippen molar-refractivity contribution in [2.24, 2.45) is 4.99 Å². The number of aliphatic imine (C=N–C) groups is 1. The van der Waals surface area contributed by atoms with Crippen molar-refractivity contribution in [3.63, 3.8) is 0 Å². The maximum absolute atomic E-state index is 5.86. The van der Waals surface area contributed by atoms with Crippen molar-refractivity contribution in [1.29, 1.82) is 0 Å². The van der Waals surface area contributed by atoms with Gasteiger partial charge in [-0.1, -0.05) is 11.6 Å². The second-order valence-corrected chi connectivity index (χ2v) is 4.43. The van der Waals surface area contributed by atoms with Crippen LogP contribution in [0.3, 0.4) is 0 Å². The van der Waals surface area contributed by atoms with Crippen LogP contribution >= 0.6 is 11.6 Å². The first-order chi connectivity index (χ1) is 7.34. The van der Waals surface area contributed by atoms with E-state index in [4.69, 9.17) is 11.6 Å². The highest BCUT2D eigenvalue weighted by atomic mass is 35.5. The molecule has 2 heterocycles. The number of halogens is 1. The van der Waals surface area contributed by atoms with Crippen molar-refractivity contribution < 1.29 is 0 Å². The maximum atomic E-state index is 5.86. The lowest BCUT2D eigenvalue weighted by atomic mass is 9.91. The predicted octanol–water partition coefficient (Wildman–Crippen LogP) is 2.48. The molecular weight excluding hydrogens is 210 g/mol. The lowest BCUT2D eigenvalue weighted by Gasteiger charge is -2.39. The highest BCUT2D eigenvalue weighted by Gasteiger charge is 2.27. The maximum Gasteiger partial charge on any atom is 0.129 e. The minimum Gasteiger partial charge on any atom is -0.347 e. The number of fused-ring (bicyclic) bond motifs is 1. The molecule has 3 nitrogen and oxygen atoms in total. The van der Waals surface area contributed by atoms with Crippen molar-refractivity contribution in [3.8, 4) is 0 Å². The van der Waals surface area contributed by atoms with Crippen LogP contribution in [0.5, 0.6) is 0 Å². The molecule has 0 amide bonds. The summed E-state index contributed by atoms with van der Waals surface area (Å²) in [5.74, 6) is 0. The highest BCUT2D eigenvalue weighted by molar-refractivity contribution is 6.29. The van der Waals surface area contributed by atoms with E-state index in [1.165, 1.54) is 24.9 Å². The fourth-order valence-electron chi connectivity index (χ4n) is 2.08. The smallest absolute Gasteiger partial charge is 0.129 e. The Morgan fingerprint density at radius 1 is 1.33 bits per heavy atom. The van der Waals surface area contributed by atoms with Crippen LogP contribution in [0.25, 0.3) is 0 Å². The molecule has 0 saturated heterocycles. The number of nitrogens with zero attached hydrogens (tertiary/aromatic N) is 3. The van der Waals surface area contributed by atoms with E-state index in [0.717, 1.165) is 12.4 Å². The molecule has 15 heavy (non-hydrogen) atoms. The largest absolute Gasteiger partial charge is 0.347 e. The summed E-state index contributed by atoms with van der Waals surface area (Å²) in [7, 11) is 0. The molecule has 3 rings (SSSR count). The number of anilines is 1. The molecule has 1 fully saturated rings. The van der Waals surface area contributed by atoms with Crippen molar-refractivity contribution >= 4 is 23.5 Å². The molecule has 1 aliphatic heterocycles. The topological polar surface area (TPSA) is 28.5 Å². The van der Waals surface area contributed by atoms with Gasteiger partial charge in [-0.15, -0.1) is 0 Å². The molecule has 1 aromatic heterocycles. The second kappa shape index (κ2) is 3.49. The molecule has 1 aliphatic carbocycles. The van der Waals surface area contributed by atoms with Gasteiger partial charge in [-0.3, -0.25) is 4.99 Å². The molecule has 0 radical (unpaired) electrons. The van der Waals surface area contributed by atoms with E-state index in [0.29, 0.717) is 11.2 Å². The predicted molar refractivity (Wildman–Crippen MR) is 61.8 cm³/mol. The molecule has 0 spiro atoms. The van der Waals surface area contributed by atoms with Gasteiger partial charge in [0.05, 0.1) is 11.9 Å². The van der Waals surface area contributed by atoms with Gasteiger partial charge in [0.1, 0.15) is 17.5 Å². The first-order valence-corrected chi connectivity index (χ1v) is 5.65. The van der Waals surface area contributed by atoms with Gasteiger partial charge < -0.3 is 4.90 Å². The third-order valence-electron chi connectivity index (χ3n) is 3.14. The molecular formula is C11H12ClN3. The zero-order valence-corrected chi connectivity index (χ0v) is 9.11. The van der Waals surface area contributed by atoms with Gasteiger partial charge >= 0.3 is 0 Å². The summed E-state index contributed by atoms with van der Waals surface area (Å²) in [5.41, 5.74) is 2.08. The van der Waals surface area contributed by atoms with Crippen molar-refractivity contribution in [3.05, 3.63) is 23.0 Å². The summed E-state index contributed by atoms with van der Waals surface area (Å²) in [6.07, 6.45) is 5.70. The van der Waals surface area contributed by atoms with Gasteiger partial charge in [0.25, 0.3) is 0 Å². The third kappa shape index (κ3) is 1.51. The van der Waals surface area contributed by atoms with Crippen LogP contribution in [-0.2, 0) is 0 Å². The summed E-state index contributed by atoms with van der Waals surface area (Å²) in [6.45, 7) is 0.765. The lowest BCUT2D eigenvalue weighted by molar-refractivity contribution is 0.387. The van der Waals surface area contributed by atoms with Gasteiger partial charge in [-0.05, 0) is 31.4 Å². The second-order valence-electron chi connectivity index (χ2n) is 4.05. The standard InChI is InChI=1S/C11H12ClN3/c12-11-5-4-10-9(14-11)6-13-7-15(10)8-2-1-3-8/h4-6,8H,1-3,7H2. The minimum atomic E-state index is 0.538. The van der Waals surface area contributed by atoms with E-state index in [9.17, 15) is 0 Å². The molecule has 78 valence electrons. The van der Waals surface area contributed by atoms with E-state index in [-0.39, 0.29) is 0 Å². The quantitative estimate of drug-likeness (QED) is 0.682. The number of hydrogen-bond acceptors (Lipinski definition) is 3. The summed E-state index contributed by atoms with van der Waals surface area (Å²) in [4.78, 5) is 10.9. The summed E-state index contributed by atoms with van der Waals surface area (Å²) < 4.78 is 0. The van der Waals surface area contributed by atoms with Crippen LogP contribution in [-0.4, -0.2) is 23.9 Å². The van der Waals surface area contributed by atoms with Crippen molar-refractivity contribution in [2.75, 3.05) is 11.6 Å². The Morgan fingerprint density at radius 3 is 2.93 bits per heavy atom. The Hall–Kier alpha value is -1.09. The zero-order chi connectivity index (χ0) is 10.3. The average molecular weight is 222 g/mol. The van der Waals surface area contributed by atoms with Gasteiger partial charge in [-0.2, -0.15) is 0 Å². The first kappa shape index (κ1) is 9.16. The Balaban J connectivity index is 1.99. The van der Waals surface area contributed by atoms with Gasteiger partial charge in [-0.25, -0.2) is 4.98 Å². The lowest BCUT2D eigenvalue weighted by Crippen LogP contribution is -2.42. The van der Waals surface area contributed by atoms with E-state index in [1.807, 2.05) is 18.3 Å². The third-order valence-corrected chi connectivity index (χ3v) is 3.35. The number of rotatable bonds is 1. The molecule has 1 saturated carbocycles. The number of hydrogen-bond donors (Lipinski definition) is 0. The minimum absolute atomic E-state index is 0.538. The van der Waals surface area contributed by atoms with Crippen molar-refractivity contribution in [2.45, 2.75) is 25.3 Å². The first-order valence-electron chi connectivity index (χ1n) is 5.27. The Bertz CT molecular complexity index is 412. The van der Waals surface area contributed by atoms with Gasteiger partial charge in [0.2, 0.25) is 0 Å². The van der Waals surface area contributed by atoms with Gasteiger partial charge in [0.15, 0.2) is 0 Å². The zero-order valence-electron chi connectivity index (χ0n) is 8.36. The monoisotopic (exact) mass is 221 g/mol. The molecule has 0 unspecified atom stereocenters. The SMILES string of the molecule is Clc1ccc2c(n1)C=NCN2C1CCC1. The molecule has 4 heteroatoms. The van der Waals surface area contributed by atoms with Crippen LogP contribution in [0.1, 0.15) is 25.0 Å². The average Bonchev–Trinajstić information content (AvgIpc) is 2.15. The van der Waals surface area contributed by atoms with Crippen LogP contribution < -0.4 is 4.90 Å². The Morgan fingerprint density at radius 2 is 2.20 bits per heavy atom. The van der Waals surface area contributed by atoms with Crippen LogP contribution in [0.2, 0.25) is 5.15 Å². The fourth-order valence-corrected chi connectivity index (χ4v) is 2.24. The summed E-state index contributed by atoms with van der Waals surface area (Å²) >= 11 is 5.86. The van der Waals surface area contributed by atoms with E-state index < -0.39 is 0 Å². The van der Waals surface area contributed by atoms with Gasteiger partial charge in [0, 0.05) is 6.04 Å². The van der Waals surface area contributed by atoms with Crippen molar-refractivity contribution in [1.82, 2.24) is 4.98 Å². The molecule has 0 N–H and O–H groups in total. The molecule has 2 aliphatic rings. The highest BCUT2D eigenvalue weighted by Crippen LogP contribution is 2.32. The fraction of sp³-hybridized carbons (Fsp3) is 0.455. The van der Waals surface area contributed by atoms with Crippen LogP contribution in [0.4, 0.5) is 5.69 Å². The molecule has 0 atom stereocenters. The Labute approximate surface area is 93.8 Å². The van der Waals surface area contributed by atoms with E-state index in [2.05, 4.69) is 14.9 Å². The molecule has 0 bridgehead atoms. The van der Waals surface area contributed by atoms with E-state index in [1.54, 1.807) is 0 Å². The van der Waals surface area contributed by atoms with Crippen LogP contribution in [0.15, 0.2) is 17.1 Å². The van der Waals surface area contributed by atoms with Crippen LogP contribution in [0, 0.1) is 0 Å². The Kier molecular flexibility index (Phi) is 2.13. The van der Waals surface area contributed by atoms with E-state index >= 15 is 0 Å². The number of aromatic nitrogens is 1. The number of pyridine rings is 1. The molecule has 1 aromatic rings.